The lowest BCUT2D eigenvalue weighted by molar-refractivity contribution is -0.179. The Morgan fingerprint density at radius 2 is 1.73 bits per heavy atom. The van der Waals surface area contributed by atoms with Crippen LogP contribution in [0.2, 0.25) is 10.0 Å². The summed E-state index contributed by atoms with van der Waals surface area (Å²) in [6.45, 7) is 5.18. The number of anilines is 1. The highest BCUT2D eigenvalue weighted by molar-refractivity contribution is 6.36. The molecule has 2 N–H and O–H groups in total. The maximum Gasteiger partial charge on any atom is 0.418 e. The number of fused-ring (bicyclic) bond motifs is 1. The van der Waals surface area contributed by atoms with E-state index < -0.39 is 29.2 Å². The van der Waals surface area contributed by atoms with Gasteiger partial charge in [0.1, 0.15) is 5.82 Å². The van der Waals surface area contributed by atoms with Gasteiger partial charge in [-0.3, -0.25) is 4.79 Å². The van der Waals surface area contributed by atoms with E-state index in [1.165, 1.54) is 11.0 Å². The topological polar surface area (TPSA) is 61.0 Å². The minimum Gasteiger partial charge on any atom is -0.371 e. The van der Waals surface area contributed by atoms with Crippen LogP contribution in [0.1, 0.15) is 56.1 Å². The van der Waals surface area contributed by atoms with Gasteiger partial charge in [0, 0.05) is 36.5 Å². The van der Waals surface area contributed by atoms with E-state index in [0.29, 0.717) is 27.0 Å². The van der Waals surface area contributed by atoms with Crippen LogP contribution in [-0.4, -0.2) is 35.1 Å². The maximum absolute atomic E-state index is 14.0. The molecule has 0 saturated carbocycles. The number of H-pyrrole nitrogens is 1. The van der Waals surface area contributed by atoms with Crippen molar-refractivity contribution in [1.82, 2.24) is 15.3 Å². The van der Waals surface area contributed by atoms with Crippen molar-refractivity contribution >= 4 is 45.8 Å². The number of nitrogens with zero attached hydrogens (tertiary/aromatic N) is 2. The summed E-state index contributed by atoms with van der Waals surface area (Å²) in [4.78, 5) is 20.9. The number of hydrogen-bond donors (Lipinski definition) is 2. The molecule has 0 atom stereocenters. The molecule has 218 valence electrons. The van der Waals surface area contributed by atoms with Crippen molar-refractivity contribution in [2.45, 2.75) is 58.9 Å². The average Bonchev–Trinajstić information content (AvgIpc) is 3.25. The van der Waals surface area contributed by atoms with Gasteiger partial charge in [-0.1, -0.05) is 50.0 Å². The van der Waals surface area contributed by atoms with Gasteiger partial charge in [0.25, 0.3) is 0 Å². The van der Waals surface area contributed by atoms with Crippen molar-refractivity contribution in [1.29, 1.82) is 0 Å². The van der Waals surface area contributed by atoms with Crippen LogP contribution in [0.15, 0.2) is 24.3 Å². The second kappa shape index (κ2) is 11.0. The molecule has 0 radical (unpaired) electrons. The molecule has 40 heavy (non-hydrogen) atoms. The molecule has 2 aromatic carbocycles. The number of aromatic nitrogens is 2. The molecule has 1 aromatic heterocycles. The number of halogens is 8. The Balaban J connectivity index is 1.62. The third kappa shape index (κ3) is 6.62. The Bertz CT molecular complexity index is 1400. The summed E-state index contributed by atoms with van der Waals surface area (Å²) in [6, 6.07) is 5.49. The van der Waals surface area contributed by atoms with Gasteiger partial charge in [-0.05, 0) is 42.2 Å². The number of hydrogen-bond acceptors (Lipinski definition) is 3. The Hall–Kier alpha value is -2.66. The molecule has 0 aliphatic carbocycles. The van der Waals surface area contributed by atoms with Crippen molar-refractivity contribution in [2.24, 2.45) is 11.3 Å². The molecule has 1 aliphatic rings. The molecule has 0 spiro atoms. The molecular formula is C27H28Cl2F6N4O. The number of alkyl halides is 6. The number of amides is 1. The van der Waals surface area contributed by atoms with Crippen LogP contribution in [0.5, 0.6) is 0 Å². The predicted octanol–water partition coefficient (Wildman–Crippen LogP) is 7.92. The first kappa shape index (κ1) is 30.3. The SMILES string of the molecule is CC(C)(C)C(=O)NCc1ccc(Cl)c(Cc2nc3cc(N4CCC(C(F)(F)F)CC4)c(C(F)(F)F)cc3[nH]2)c1Cl. The number of nitrogens with one attached hydrogen (secondary N) is 2. The number of piperidine rings is 1. The number of carbonyl (C=O) groups excluding carboxylic acids is 1. The van der Waals surface area contributed by atoms with Crippen LogP contribution >= 0.6 is 23.2 Å². The standard InChI is InChI=1S/C27H28Cl2F6N4O/c1-25(2,3)24(40)36-13-14-4-5-18(28)16(23(14)29)10-22-37-19-11-17(27(33,34)35)21(12-20(19)38-22)39-8-6-15(7-9-39)26(30,31)32/h4-5,11-12,15H,6-10,13H2,1-3H3,(H,36,40)(H,37,38). The third-order valence-electron chi connectivity index (χ3n) is 6.98. The zero-order valence-electron chi connectivity index (χ0n) is 22.0. The fraction of sp³-hybridized carbons (Fsp3) is 0.481. The molecule has 0 unspecified atom stereocenters. The number of carbonyl (C=O) groups is 1. The highest BCUT2D eigenvalue weighted by Crippen LogP contribution is 2.42. The molecule has 2 heterocycles. The molecule has 13 heteroatoms. The summed E-state index contributed by atoms with van der Waals surface area (Å²) in [5.41, 5.74) is -0.305. The zero-order valence-corrected chi connectivity index (χ0v) is 23.5. The summed E-state index contributed by atoms with van der Waals surface area (Å²) in [5, 5.41) is 3.43. The van der Waals surface area contributed by atoms with Gasteiger partial charge in [0.05, 0.1) is 33.2 Å². The predicted molar refractivity (Wildman–Crippen MR) is 143 cm³/mol. The summed E-state index contributed by atoms with van der Waals surface area (Å²) in [6.07, 6.45) is -9.60. The van der Waals surface area contributed by atoms with E-state index in [4.69, 9.17) is 23.2 Å². The number of benzene rings is 2. The van der Waals surface area contributed by atoms with Crippen LogP contribution in [0.4, 0.5) is 32.0 Å². The molecule has 1 amide bonds. The first-order chi connectivity index (χ1) is 18.4. The first-order valence-corrected chi connectivity index (χ1v) is 13.4. The van der Waals surface area contributed by atoms with Crippen LogP contribution < -0.4 is 10.2 Å². The van der Waals surface area contributed by atoms with Gasteiger partial charge in [-0.2, -0.15) is 26.3 Å². The van der Waals surface area contributed by atoms with Crippen LogP contribution in [0, 0.1) is 11.3 Å². The summed E-state index contributed by atoms with van der Waals surface area (Å²) < 4.78 is 81.3. The van der Waals surface area contributed by atoms with Crippen LogP contribution in [0.25, 0.3) is 11.0 Å². The molecular weight excluding hydrogens is 581 g/mol. The summed E-state index contributed by atoms with van der Waals surface area (Å²) in [5.74, 6) is -1.40. The van der Waals surface area contributed by atoms with Crippen molar-refractivity contribution in [2.75, 3.05) is 18.0 Å². The van der Waals surface area contributed by atoms with Crippen LogP contribution in [-0.2, 0) is 23.9 Å². The van der Waals surface area contributed by atoms with Crippen LogP contribution in [0.3, 0.4) is 0 Å². The lowest BCUT2D eigenvalue weighted by Gasteiger charge is -2.35. The largest absolute Gasteiger partial charge is 0.418 e. The minimum absolute atomic E-state index is 0.0705. The van der Waals surface area contributed by atoms with E-state index in [0.717, 1.165) is 6.07 Å². The van der Waals surface area contributed by atoms with Gasteiger partial charge < -0.3 is 15.2 Å². The number of aromatic amines is 1. The Morgan fingerprint density at radius 1 is 1.07 bits per heavy atom. The monoisotopic (exact) mass is 608 g/mol. The van der Waals surface area contributed by atoms with E-state index in [1.807, 2.05) is 0 Å². The van der Waals surface area contributed by atoms with Crippen molar-refractivity contribution in [3.63, 3.8) is 0 Å². The normalized spacial score (nSPS) is 15.6. The van der Waals surface area contributed by atoms with E-state index in [1.54, 1.807) is 32.9 Å². The molecule has 3 aromatic rings. The van der Waals surface area contributed by atoms with Crippen molar-refractivity contribution in [3.8, 4) is 0 Å². The van der Waals surface area contributed by atoms with Crippen molar-refractivity contribution < 1.29 is 31.1 Å². The van der Waals surface area contributed by atoms with Gasteiger partial charge in [-0.25, -0.2) is 4.98 Å². The Labute approximate surface area is 237 Å². The molecule has 1 saturated heterocycles. The van der Waals surface area contributed by atoms with E-state index in [9.17, 15) is 31.1 Å². The fourth-order valence-corrected chi connectivity index (χ4v) is 5.24. The lowest BCUT2D eigenvalue weighted by atomic mass is 9.95. The number of rotatable bonds is 5. The molecule has 4 rings (SSSR count). The third-order valence-corrected chi connectivity index (χ3v) is 7.81. The molecule has 0 bridgehead atoms. The molecule has 5 nitrogen and oxygen atoms in total. The van der Waals surface area contributed by atoms with Gasteiger partial charge in [-0.15, -0.1) is 0 Å². The summed E-state index contributed by atoms with van der Waals surface area (Å²) in [7, 11) is 0. The van der Waals surface area contributed by atoms with Gasteiger partial charge in [0.2, 0.25) is 5.91 Å². The van der Waals surface area contributed by atoms with E-state index in [-0.39, 0.29) is 61.5 Å². The average molecular weight is 609 g/mol. The number of imidazole rings is 1. The molecule has 1 aliphatic heterocycles. The maximum atomic E-state index is 14.0. The second-order valence-corrected chi connectivity index (χ2v) is 11.8. The fourth-order valence-electron chi connectivity index (χ4n) is 4.67. The zero-order chi connectivity index (χ0) is 29.6. The first-order valence-electron chi connectivity index (χ1n) is 12.6. The minimum atomic E-state index is -4.73. The van der Waals surface area contributed by atoms with Crippen molar-refractivity contribution in [3.05, 3.63) is 56.8 Å². The van der Waals surface area contributed by atoms with Gasteiger partial charge >= 0.3 is 12.4 Å². The Morgan fingerprint density at radius 3 is 2.30 bits per heavy atom. The van der Waals surface area contributed by atoms with E-state index >= 15 is 0 Å². The highest BCUT2D eigenvalue weighted by atomic mass is 35.5. The quantitative estimate of drug-likeness (QED) is 0.289. The Kier molecular flexibility index (Phi) is 8.31. The second-order valence-electron chi connectivity index (χ2n) is 11.0. The lowest BCUT2D eigenvalue weighted by Crippen LogP contribution is -2.39. The van der Waals surface area contributed by atoms with E-state index in [2.05, 4.69) is 15.3 Å². The highest BCUT2D eigenvalue weighted by Gasteiger charge is 2.42. The van der Waals surface area contributed by atoms with Gasteiger partial charge in [0.15, 0.2) is 0 Å². The smallest absolute Gasteiger partial charge is 0.371 e. The summed E-state index contributed by atoms with van der Waals surface area (Å²) >= 11 is 13.0. The molecule has 1 fully saturated rings.